The molecule has 0 atom stereocenters. The first-order valence-corrected chi connectivity index (χ1v) is 11.1. The van der Waals surface area contributed by atoms with E-state index in [1.807, 2.05) is 4.90 Å². The molecule has 2 saturated heterocycles. The lowest BCUT2D eigenvalue weighted by Crippen LogP contribution is -2.49. The van der Waals surface area contributed by atoms with Crippen molar-refractivity contribution in [1.82, 2.24) is 4.90 Å². The van der Waals surface area contributed by atoms with Crippen molar-refractivity contribution in [3.05, 3.63) is 63.5 Å². The summed E-state index contributed by atoms with van der Waals surface area (Å²) in [5.74, 6) is -3.25. The van der Waals surface area contributed by atoms with Gasteiger partial charge in [-0.2, -0.15) is 0 Å². The maximum absolute atomic E-state index is 14.8. The normalized spacial score (nSPS) is 17.1. The third-order valence-corrected chi connectivity index (χ3v) is 6.27. The second-order valence-electron chi connectivity index (χ2n) is 8.33. The number of rotatable bonds is 4. The monoisotopic (exact) mass is 462 g/mol. The van der Waals surface area contributed by atoms with Crippen LogP contribution in [0.2, 0.25) is 0 Å². The zero-order valence-corrected chi connectivity index (χ0v) is 18.1. The number of hydrogen-bond acceptors (Lipinski definition) is 5. The molecule has 0 bridgehead atoms. The van der Waals surface area contributed by atoms with Crippen LogP contribution in [0, 0.1) is 27.6 Å². The maximum atomic E-state index is 14.8. The minimum absolute atomic E-state index is 0.125. The van der Waals surface area contributed by atoms with E-state index in [0.717, 1.165) is 43.9 Å². The first-order valence-electron chi connectivity index (χ1n) is 11.1. The Morgan fingerprint density at radius 3 is 1.94 bits per heavy atom. The molecular weight excluding hydrogens is 437 g/mol. The fourth-order valence-corrected chi connectivity index (χ4v) is 4.50. The average Bonchev–Trinajstić information content (AvgIpc) is 3.08. The molecule has 0 saturated carbocycles. The van der Waals surface area contributed by atoms with Gasteiger partial charge in [-0.1, -0.05) is 18.9 Å². The largest absolute Gasteiger partial charge is 0.369 e. The van der Waals surface area contributed by atoms with E-state index in [1.165, 1.54) is 17.0 Å². The Kier molecular flexibility index (Phi) is 6.71. The number of benzene rings is 2. The fraction of sp³-hybridized carbons (Fsp3) is 0.435. The van der Waals surface area contributed by atoms with Crippen LogP contribution in [-0.2, 0) is 0 Å². The summed E-state index contributed by atoms with van der Waals surface area (Å²) in [7, 11) is 0. The van der Waals surface area contributed by atoms with Gasteiger partial charge in [-0.25, -0.2) is 13.2 Å². The van der Waals surface area contributed by atoms with Crippen molar-refractivity contribution in [3.8, 4) is 0 Å². The van der Waals surface area contributed by atoms with Gasteiger partial charge in [0.15, 0.2) is 5.82 Å². The Morgan fingerprint density at radius 2 is 1.36 bits per heavy atom. The molecule has 0 radical (unpaired) electrons. The van der Waals surface area contributed by atoms with Gasteiger partial charge in [-0.3, -0.25) is 14.9 Å². The average molecular weight is 462 g/mol. The summed E-state index contributed by atoms with van der Waals surface area (Å²) < 4.78 is 42.8. The zero-order chi connectivity index (χ0) is 23.5. The lowest BCUT2D eigenvalue weighted by atomic mass is 10.1. The molecule has 2 aromatic rings. The first-order chi connectivity index (χ1) is 15.9. The van der Waals surface area contributed by atoms with Gasteiger partial charge in [0.25, 0.3) is 11.6 Å². The molecule has 0 aromatic heterocycles. The molecule has 1 amide bonds. The van der Waals surface area contributed by atoms with Gasteiger partial charge < -0.3 is 14.7 Å². The van der Waals surface area contributed by atoms with E-state index in [-0.39, 0.29) is 37.6 Å². The van der Waals surface area contributed by atoms with E-state index in [9.17, 15) is 28.1 Å². The molecule has 0 spiro atoms. The van der Waals surface area contributed by atoms with Gasteiger partial charge in [0.1, 0.15) is 22.9 Å². The quantitative estimate of drug-likeness (QED) is 0.499. The van der Waals surface area contributed by atoms with Gasteiger partial charge in [0.2, 0.25) is 0 Å². The Bertz CT molecular complexity index is 1030. The maximum Gasteiger partial charge on any atom is 0.295 e. The highest BCUT2D eigenvalue weighted by Crippen LogP contribution is 2.36. The van der Waals surface area contributed by atoms with Crippen molar-refractivity contribution in [2.24, 2.45) is 0 Å². The van der Waals surface area contributed by atoms with E-state index in [2.05, 4.69) is 0 Å². The predicted octanol–water partition coefficient (Wildman–Crippen LogP) is 4.35. The molecule has 2 aliphatic rings. The van der Waals surface area contributed by atoms with Crippen LogP contribution in [-0.4, -0.2) is 55.0 Å². The standard InChI is InChI=1S/C23H25F3N4O3/c24-16-6-5-7-17(25)22(16)23(31)29-12-10-28(11-13-29)20-15-19(18(26)14-21(20)30(32)33)27-8-3-1-2-4-9-27/h5-7,14-15H,1-4,8-13H2. The Labute approximate surface area is 189 Å². The molecule has 33 heavy (non-hydrogen) atoms. The summed E-state index contributed by atoms with van der Waals surface area (Å²) >= 11 is 0. The van der Waals surface area contributed by atoms with Crippen LogP contribution in [0.1, 0.15) is 36.0 Å². The summed E-state index contributed by atoms with van der Waals surface area (Å²) in [6, 6.07) is 5.72. The van der Waals surface area contributed by atoms with Crippen molar-refractivity contribution < 1.29 is 22.9 Å². The van der Waals surface area contributed by atoms with Crippen LogP contribution in [0.25, 0.3) is 0 Å². The topological polar surface area (TPSA) is 69.9 Å². The van der Waals surface area contributed by atoms with Gasteiger partial charge in [0.05, 0.1) is 16.7 Å². The minimum atomic E-state index is -0.932. The number of carbonyl (C=O) groups is 1. The van der Waals surface area contributed by atoms with Crippen molar-refractivity contribution >= 4 is 23.0 Å². The van der Waals surface area contributed by atoms with Gasteiger partial charge in [-0.15, -0.1) is 0 Å². The third kappa shape index (κ3) is 4.74. The molecule has 0 unspecified atom stereocenters. The van der Waals surface area contributed by atoms with Crippen molar-refractivity contribution in [1.29, 1.82) is 0 Å². The first kappa shape index (κ1) is 22.9. The summed E-state index contributed by atoms with van der Waals surface area (Å²) in [4.78, 5) is 28.7. The molecule has 2 fully saturated rings. The van der Waals surface area contributed by atoms with Crippen LogP contribution < -0.4 is 9.80 Å². The number of piperazine rings is 1. The zero-order valence-electron chi connectivity index (χ0n) is 18.1. The number of amides is 1. The minimum Gasteiger partial charge on any atom is -0.369 e. The van der Waals surface area contributed by atoms with Gasteiger partial charge in [-0.05, 0) is 31.0 Å². The van der Waals surface area contributed by atoms with Crippen LogP contribution in [0.5, 0.6) is 0 Å². The number of nitro benzene ring substituents is 1. The molecule has 10 heteroatoms. The molecular formula is C23H25F3N4O3. The molecule has 2 aliphatic heterocycles. The van der Waals surface area contributed by atoms with Crippen LogP contribution in [0.3, 0.4) is 0 Å². The molecule has 0 N–H and O–H groups in total. The van der Waals surface area contributed by atoms with Crippen LogP contribution >= 0.6 is 0 Å². The molecule has 176 valence electrons. The Balaban J connectivity index is 1.56. The van der Waals surface area contributed by atoms with E-state index in [1.54, 1.807) is 4.90 Å². The summed E-state index contributed by atoms with van der Waals surface area (Å²) in [6.45, 7) is 2.05. The van der Waals surface area contributed by atoms with Crippen molar-refractivity contribution in [2.45, 2.75) is 25.7 Å². The van der Waals surface area contributed by atoms with Crippen LogP contribution in [0.15, 0.2) is 30.3 Å². The van der Waals surface area contributed by atoms with E-state index in [0.29, 0.717) is 18.8 Å². The number of halogens is 3. The van der Waals surface area contributed by atoms with Crippen LogP contribution in [0.4, 0.5) is 30.2 Å². The highest BCUT2D eigenvalue weighted by atomic mass is 19.1. The second kappa shape index (κ2) is 9.68. The molecule has 2 heterocycles. The SMILES string of the molecule is O=C(c1c(F)cccc1F)N1CCN(c2cc(N3CCCCCC3)c(F)cc2[N+](=O)[O-])CC1. The van der Waals surface area contributed by atoms with E-state index in [4.69, 9.17) is 0 Å². The fourth-order valence-electron chi connectivity index (χ4n) is 4.50. The van der Waals surface area contributed by atoms with Gasteiger partial charge in [0, 0.05) is 39.3 Å². The second-order valence-corrected chi connectivity index (χ2v) is 8.33. The smallest absolute Gasteiger partial charge is 0.295 e. The lowest BCUT2D eigenvalue weighted by Gasteiger charge is -2.36. The van der Waals surface area contributed by atoms with E-state index < -0.39 is 33.8 Å². The molecule has 2 aromatic carbocycles. The summed E-state index contributed by atoms with van der Waals surface area (Å²) in [6.07, 6.45) is 3.99. The summed E-state index contributed by atoms with van der Waals surface area (Å²) in [5, 5.41) is 11.6. The lowest BCUT2D eigenvalue weighted by molar-refractivity contribution is -0.384. The number of carbonyl (C=O) groups excluding carboxylic acids is 1. The Morgan fingerprint density at radius 1 is 0.788 bits per heavy atom. The van der Waals surface area contributed by atoms with Crippen molar-refractivity contribution in [2.75, 3.05) is 49.1 Å². The Hall–Kier alpha value is -3.30. The van der Waals surface area contributed by atoms with Crippen molar-refractivity contribution in [3.63, 3.8) is 0 Å². The third-order valence-electron chi connectivity index (χ3n) is 6.27. The molecule has 0 aliphatic carbocycles. The van der Waals surface area contributed by atoms with Gasteiger partial charge >= 0.3 is 0 Å². The molecule has 7 nitrogen and oxygen atoms in total. The number of anilines is 2. The highest BCUT2D eigenvalue weighted by molar-refractivity contribution is 5.95. The van der Waals surface area contributed by atoms with E-state index >= 15 is 0 Å². The highest BCUT2D eigenvalue weighted by Gasteiger charge is 2.30. The molecule has 4 rings (SSSR count). The summed E-state index contributed by atoms with van der Waals surface area (Å²) in [5.41, 5.74) is -0.331. The predicted molar refractivity (Wildman–Crippen MR) is 118 cm³/mol. The number of nitro groups is 1. The number of nitrogens with zero attached hydrogens (tertiary/aromatic N) is 4. The number of hydrogen-bond donors (Lipinski definition) is 0.